The van der Waals surface area contributed by atoms with Crippen LogP contribution < -0.4 is 10.6 Å². The molecular formula is C13H19N3O. The third-order valence-electron chi connectivity index (χ3n) is 3.64. The van der Waals surface area contributed by atoms with Crippen LogP contribution in [-0.4, -0.2) is 23.5 Å². The maximum Gasteiger partial charge on any atom is 0.251 e. The van der Waals surface area contributed by atoms with E-state index in [1.165, 1.54) is 6.42 Å². The van der Waals surface area contributed by atoms with Crippen LogP contribution >= 0.6 is 0 Å². The monoisotopic (exact) mass is 233 g/mol. The number of anilines is 1. The molecule has 0 saturated heterocycles. The Morgan fingerprint density at radius 3 is 2.82 bits per heavy atom. The molecule has 1 fully saturated rings. The minimum absolute atomic E-state index is 0.00505. The summed E-state index contributed by atoms with van der Waals surface area (Å²) in [6.45, 7) is 2.13. The van der Waals surface area contributed by atoms with Gasteiger partial charge in [0.05, 0.1) is 0 Å². The summed E-state index contributed by atoms with van der Waals surface area (Å²) in [4.78, 5) is 16.2. The Bertz CT molecular complexity index is 407. The minimum atomic E-state index is 0.00505. The Hall–Kier alpha value is -1.58. The summed E-state index contributed by atoms with van der Waals surface area (Å²) >= 11 is 0. The molecule has 0 radical (unpaired) electrons. The molecule has 0 atom stereocenters. The smallest absolute Gasteiger partial charge is 0.251 e. The number of nitrogens with zero attached hydrogens (tertiary/aromatic N) is 1. The lowest BCUT2D eigenvalue weighted by atomic mass is 9.74. The molecular weight excluding hydrogens is 214 g/mol. The van der Waals surface area contributed by atoms with Crippen molar-refractivity contribution in [2.45, 2.75) is 38.1 Å². The molecule has 1 amide bonds. The zero-order chi connectivity index (χ0) is 12.3. The molecule has 92 valence electrons. The second-order valence-electron chi connectivity index (χ2n) is 4.62. The second-order valence-corrected chi connectivity index (χ2v) is 4.62. The Labute approximate surface area is 102 Å². The Morgan fingerprint density at radius 2 is 2.29 bits per heavy atom. The van der Waals surface area contributed by atoms with Crippen molar-refractivity contribution < 1.29 is 4.79 Å². The zero-order valence-corrected chi connectivity index (χ0v) is 10.4. The predicted molar refractivity (Wildman–Crippen MR) is 68.1 cm³/mol. The van der Waals surface area contributed by atoms with Crippen LogP contribution in [0, 0.1) is 0 Å². The first kappa shape index (κ1) is 11.9. The highest BCUT2D eigenvalue weighted by molar-refractivity contribution is 5.95. The summed E-state index contributed by atoms with van der Waals surface area (Å²) in [5, 5.41) is 6.09. The first-order valence-electron chi connectivity index (χ1n) is 6.15. The molecule has 0 bridgehead atoms. The number of pyridine rings is 1. The fraction of sp³-hybridized carbons (Fsp3) is 0.538. The third-order valence-corrected chi connectivity index (χ3v) is 3.64. The van der Waals surface area contributed by atoms with Crippen molar-refractivity contribution in [3.05, 3.63) is 23.9 Å². The predicted octanol–water partition coefficient (Wildman–Crippen LogP) is 2.19. The molecule has 1 aromatic rings. The molecule has 0 spiro atoms. The van der Waals surface area contributed by atoms with E-state index in [-0.39, 0.29) is 11.4 Å². The van der Waals surface area contributed by atoms with Gasteiger partial charge < -0.3 is 10.6 Å². The van der Waals surface area contributed by atoms with E-state index >= 15 is 0 Å². The molecule has 1 saturated carbocycles. The number of hydrogen-bond donors (Lipinski definition) is 2. The molecule has 0 unspecified atom stereocenters. The van der Waals surface area contributed by atoms with Crippen molar-refractivity contribution in [3.8, 4) is 0 Å². The molecule has 0 aromatic carbocycles. The van der Waals surface area contributed by atoms with E-state index in [4.69, 9.17) is 0 Å². The van der Waals surface area contributed by atoms with Crippen LogP contribution in [0.25, 0.3) is 0 Å². The number of amides is 1. The lowest BCUT2D eigenvalue weighted by Gasteiger charge is -2.42. The topological polar surface area (TPSA) is 54.0 Å². The molecule has 4 heteroatoms. The fourth-order valence-corrected chi connectivity index (χ4v) is 2.19. The Kier molecular flexibility index (Phi) is 3.31. The highest BCUT2D eigenvalue weighted by Gasteiger charge is 2.36. The van der Waals surface area contributed by atoms with Crippen LogP contribution in [0.1, 0.15) is 43.0 Å². The van der Waals surface area contributed by atoms with Crippen molar-refractivity contribution in [3.63, 3.8) is 0 Å². The van der Waals surface area contributed by atoms with Gasteiger partial charge in [-0.3, -0.25) is 4.79 Å². The lowest BCUT2D eigenvalue weighted by Crippen LogP contribution is -2.52. The summed E-state index contributed by atoms with van der Waals surface area (Å²) < 4.78 is 0. The maximum absolute atomic E-state index is 12.1. The molecule has 2 rings (SSSR count). The summed E-state index contributed by atoms with van der Waals surface area (Å²) in [6.07, 6.45) is 6.06. The third kappa shape index (κ3) is 2.40. The van der Waals surface area contributed by atoms with E-state index in [2.05, 4.69) is 22.5 Å². The van der Waals surface area contributed by atoms with E-state index in [0.717, 1.165) is 25.1 Å². The van der Waals surface area contributed by atoms with Gasteiger partial charge in [0, 0.05) is 24.3 Å². The normalized spacial score (nSPS) is 17.1. The molecule has 0 aliphatic heterocycles. The average molecular weight is 233 g/mol. The van der Waals surface area contributed by atoms with Crippen molar-refractivity contribution >= 4 is 11.7 Å². The summed E-state index contributed by atoms with van der Waals surface area (Å²) in [5.41, 5.74) is 0.712. The first-order valence-corrected chi connectivity index (χ1v) is 6.15. The first-order chi connectivity index (χ1) is 8.19. The summed E-state index contributed by atoms with van der Waals surface area (Å²) in [5.74, 6) is 0.724. The van der Waals surface area contributed by atoms with E-state index in [1.807, 2.05) is 0 Å². The average Bonchev–Trinajstić information content (AvgIpc) is 2.33. The van der Waals surface area contributed by atoms with E-state index < -0.39 is 0 Å². The van der Waals surface area contributed by atoms with Crippen LogP contribution in [-0.2, 0) is 0 Å². The van der Waals surface area contributed by atoms with Gasteiger partial charge in [0.15, 0.2) is 0 Å². The van der Waals surface area contributed by atoms with Crippen molar-refractivity contribution in [1.82, 2.24) is 10.3 Å². The molecule has 1 aliphatic rings. The van der Waals surface area contributed by atoms with Gasteiger partial charge in [-0.2, -0.15) is 0 Å². The fourth-order valence-electron chi connectivity index (χ4n) is 2.19. The lowest BCUT2D eigenvalue weighted by molar-refractivity contribution is 0.0820. The maximum atomic E-state index is 12.1. The van der Waals surface area contributed by atoms with Crippen LogP contribution in [0.3, 0.4) is 0 Å². The molecule has 1 aliphatic carbocycles. The standard InChI is InChI=1S/C13H19N3O/c1-3-13(6-4-7-13)16-12(17)10-5-8-15-11(9-10)14-2/h5,8-9H,3-4,6-7H2,1-2H3,(H,14,15)(H,16,17). The highest BCUT2D eigenvalue weighted by Crippen LogP contribution is 2.34. The molecule has 4 nitrogen and oxygen atoms in total. The number of carbonyl (C=O) groups excluding carboxylic acids is 1. The summed E-state index contributed by atoms with van der Waals surface area (Å²) in [6, 6.07) is 3.52. The Morgan fingerprint density at radius 1 is 1.53 bits per heavy atom. The number of nitrogens with one attached hydrogen (secondary N) is 2. The van der Waals surface area contributed by atoms with Crippen LogP contribution in [0.5, 0.6) is 0 Å². The minimum Gasteiger partial charge on any atom is -0.373 e. The van der Waals surface area contributed by atoms with Gasteiger partial charge in [-0.15, -0.1) is 0 Å². The highest BCUT2D eigenvalue weighted by atomic mass is 16.1. The number of hydrogen-bond acceptors (Lipinski definition) is 3. The SMILES string of the molecule is CCC1(NC(=O)c2ccnc(NC)c2)CCC1. The number of rotatable bonds is 4. The van der Waals surface area contributed by atoms with Gasteiger partial charge in [0.1, 0.15) is 5.82 Å². The van der Waals surface area contributed by atoms with E-state index in [0.29, 0.717) is 5.56 Å². The van der Waals surface area contributed by atoms with Gasteiger partial charge >= 0.3 is 0 Å². The zero-order valence-electron chi connectivity index (χ0n) is 10.4. The van der Waals surface area contributed by atoms with Crippen molar-refractivity contribution in [2.75, 3.05) is 12.4 Å². The van der Waals surface area contributed by atoms with Gasteiger partial charge in [0.2, 0.25) is 0 Å². The Balaban J connectivity index is 2.08. The van der Waals surface area contributed by atoms with Crippen molar-refractivity contribution in [2.24, 2.45) is 0 Å². The molecule has 17 heavy (non-hydrogen) atoms. The second kappa shape index (κ2) is 4.73. The molecule has 2 N–H and O–H groups in total. The van der Waals surface area contributed by atoms with Gasteiger partial charge in [-0.1, -0.05) is 6.92 Å². The molecule has 1 aromatic heterocycles. The van der Waals surface area contributed by atoms with Crippen LogP contribution in [0.15, 0.2) is 18.3 Å². The number of aromatic nitrogens is 1. The number of carbonyl (C=O) groups is 1. The summed E-state index contributed by atoms with van der Waals surface area (Å²) in [7, 11) is 1.80. The molecule has 1 heterocycles. The van der Waals surface area contributed by atoms with Crippen LogP contribution in [0.4, 0.5) is 5.82 Å². The van der Waals surface area contributed by atoms with Gasteiger partial charge in [0.25, 0.3) is 5.91 Å². The van der Waals surface area contributed by atoms with E-state index in [1.54, 1.807) is 25.4 Å². The van der Waals surface area contributed by atoms with Gasteiger partial charge in [-0.05, 0) is 37.8 Å². The van der Waals surface area contributed by atoms with Crippen molar-refractivity contribution in [1.29, 1.82) is 0 Å². The quantitative estimate of drug-likeness (QED) is 0.838. The van der Waals surface area contributed by atoms with Crippen LogP contribution in [0.2, 0.25) is 0 Å². The van der Waals surface area contributed by atoms with E-state index in [9.17, 15) is 4.79 Å². The van der Waals surface area contributed by atoms with Gasteiger partial charge in [-0.25, -0.2) is 4.98 Å². The largest absolute Gasteiger partial charge is 0.373 e.